The van der Waals surface area contributed by atoms with Crippen LogP contribution in [0.3, 0.4) is 0 Å². The fourth-order valence-corrected chi connectivity index (χ4v) is 3.49. The number of hydrogen-bond acceptors (Lipinski definition) is 4. The second-order valence-corrected chi connectivity index (χ2v) is 6.62. The van der Waals surface area contributed by atoms with E-state index in [1.807, 2.05) is 49.4 Å². The maximum Gasteiger partial charge on any atom is 0.123 e. The van der Waals surface area contributed by atoms with Crippen molar-refractivity contribution in [2.24, 2.45) is 0 Å². The Balaban J connectivity index is 1.81. The number of hydrogen-bond donors (Lipinski definition) is 3. The first-order chi connectivity index (χ1) is 11.6. The van der Waals surface area contributed by atoms with Crippen molar-refractivity contribution >= 4 is 0 Å². The molecule has 0 aliphatic carbocycles. The highest BCUT2D eigenvalue weighted by atomic mass is 16.5. The topological polar surface area (TPSA) is 53.5 Å². The number of aliphatic hydroxyl groups is 1. The summed E-state index contributed by atoms with van der Waals surface area (Å²) in [6.07, 6.45) is 0.722. The predicted molar refractivity (Wildman–Crippen MR) is 96.0 cm³/mol. The van der Waals surface area contributed by atoms with E-state index in [2.05, 4.69) is 22.8 Å². The molecule has 3 rings (SSSR count). The Labute approximate surface area is 143 Å². The van der Waals surface area contributed by atoms with Crippen molar-refractivity contribution in [3.05, 3.63) is 65.7 Å². The zero-order chi connectivity index (χ0) is 17.0. The van der Waals surface area contributed by atoms with Crippen LogP contribution in [0.15, 0.2) is 54.6 Å². The monoisotopic (exact) mass is 326 g/mol. The molecule has 3 atom stereocenters. The van der Waals surface area contributed by atoms with Gasteiger partial charge in [0.2, 0.25) is 0 Å². The van der Waals surface area contributed by atoms with Crippen LogP contribution in [0.5, 0.6) is 5.75 Å². The van der Waals surface area contributed by atoms with Gasteiger partial charge in [0, 0.05) is 12.1 Å². The number of ether oxygens (including phenoxy) is 1. The van der Waals surface area contributed by atoms with Crippen molar-refractivity contribution in [3.8, 4) is 5.75 Å². The van der Waals surface area contributed by atoms with Crippen LogP contribution in [0.25, 0.3) is 0 Å². The Kier molecular flexibility index (Phi) is 5.19. The molecule has 0 spiro atoms. The van der Waals surface area contributed by atoms with Crippen molar-refractivity contribution in [2.45, 2.75) is 37.6 Å². The maximum atomic E-state index is 10.9. The van der Waals surface area contributed by atoms with Crippen molar-refractivity contribution in [3.63, 3.8) is 0 Å². The molecule has 128 valence electrons. The lowest BCUT2D eigenvalue weighted by Gasteiger charge is -2.44. The summed E-state index contributed by atoms with van der Waals surface area (Å²) in [5, 5.41) is 18.0. The molecule has 0 bridgehead atoms. The van der Waals surface area contributed by atoms with Gasteiger partial charge >= 0.3 is 0 Å². The summed E-state index contributed by atoms with van der Waals surface area (Å²) in [5.41, 5.74) is 1.51. The fourth-order valence-electron chi connectivity index (χ4n) is 3.49. The number of rotatable bonds is 5. The molecule has 1 aliphatic heterocycles. The van der Waals surface area contributed by atoms with Crippen LogP contribution in [-0.4, -0.2) is 30.4 Å². The van der Waals surface area contributed by atoms with Crippen molar-refractivity contribution in [1.82, 2.24) is 10.6 Å². The van der Waals surface area contributed by atoms with E-state index in [4.69, 9.17) is 4.74 Å². The van der Waals surface area contributed by atoms with E-state index in [1.54, 1.807) is 7.11 Å². The number of methoxy groups -OCH3 is 1. The summed E-state index contributed by atoms with van der Waals surface area (Å²) in [7, 11) is 1.68. The average molecular weight is 326 g/mol. The van der Waals surface area contributed by atoms with Crippen LogP contribution >= 0.6 is 0 Å². The van der Waals surface area contributed by atoms with Crippen molar-refractivity contribution in [1.29, 1.82) is 0 Å². The van der Waals surface area contributed by atoms with E-state index in [0.717, 1.165) is 24.3 Å². The first-order valence-corrected chi connectivity index (χ1v) is 8.48. The lowest BCUT2D eigenvalue weighted by atomic mass is 9.81. The summed E-state index contributed by atoms with van der Waals surface area (Å²) in [6, 6.07) is 18.3. The molecule has 1 saturated heterocycles. The Hall–Kier alpha value is -1.88. The second-order valence-electron chi connectivity index (χ2n) is 6.62. The van der Waals surface area contributed by atoms with Gasteiger partial charge in [-0.15, -0.1) is 0 Å². The largest absolute Gasteiger partial charge is 0.496 e. The van der Waals surface area contributed by atoms with Crippen LogP contribution in [0.2, 0.25) is 0 Å². The molecule has 24 heavy (non-hydrogen) atoms. The number of para-hydroxylation sites is 1. The lowest BCUT2D eigenvalue weighted by molar-refractivity contribution is -0.0220. The molecule has 3 unspecified atom stereocenters. The molecule has 3 N–H and O–H groups in total. The molecule has 0 radical (unpaired) electrons. The molecular formula is C20H26N2O2. The van der Waals surface area contributed by atoms with Gasteiger partial charge in [-0.2, -0.15) is 0 Å². The summed E-state index contributed by atoms with van der Waals surface area (Å²) >= 11 is 0. The Bertz CT molecular complexity index is 658. The summed E-state index contributed by atoms with van der Waals surface area (Å²) < 4.78 is 5.43. The van der Waals surface area contributed by atoms with E-state index in [0.29, 0.717) is 6.54 Å². The van der Waals surface area contributed by atoms with Crippen molar-refractivity contribution < 1.29 is 9.84 Å². The average Bonchev–Trinajstić information content (AvgIpc) is 2.61. The molecule has 0 aromatic heterocycles. The number of piperidine rings is 1. The predicted octanol–water partition coefficient (Wildman–Crippen LogP) is 2.64. The van der Waals surface area contributed by atoms with Crippen LogP contribution < -0.4 is 15.4 Å². The third kappa shape index (κ3) is 3.61. The van der Waals surface area contributed by atoms with Gasteiger partial charge in [0.15, 0.2) is 0 Å². The molecule has 0 amide bonds. The van der Waals surface area contributed by atoms with E-state index in [1.165, 1.54) is 5.56 Å². The lowest BCUT2D eigenvalue weighted by Crippen LogP contribution is -2.60. The minimum Gasteiger partial charge on any atom is -0.496 e. The van der Waals surface area contributed by atoms with E-state index in [-0.39, 0.29) is 12.1 Å². The fraction of sp³-hybridized carbons (Fsp3) is 0.400. The Morgan fingerprint density at radius 2 is 1.88 bits per heavy atom. The third-order valence-corrected chi connectivity index (χ3v) is 4.86. The van der Waals surface area contributed by atoms with Gasteiger partial charge in [0.1, 0.15) is 5.75 Å². The molecular weight excluding hydrogens is 300 g/mol. The first-order valence-electron chi connectivity index (χ1n) is 8.48. The minimum absolute atomic E-state index is 0.0738. The van der Waals surface area contributed by atoms with E-state index in [9.17, 15) is 5.11 Å². The van der Waals surface area contributed by atoms with Crippen molar-refractivity contribution in [2.75, 3.05) is 13.7 Å². The highest BCUT2D eigenvalue weighted by Gasteiger charge is 2.41. The van der Waals surface area contributed by atoms with Crippen LogP contribution in [0, 0.1) is 0 Å². The standard InChI is InChI=1S/C20H26N2O2/c1-20(23)12-13-21-18(15-8-4-3-5-9-15)19(20)22-14-16-10-6-7-11-17(16)24-2/h3-11,18-19,21-23H,12-14H2,1-2H3. The third-order valence-electron chi connectivity index (χ3n) is 4.86. The Morgan fingerprint density at radius 3 is 2.62 bits per heavy atom. The molecule has 1 fully saturated rings. The smallest absolute Gasteiger partial charge is 0.123 e. The highest BCUT2D eigenvalue weighted by molar-refractivity contribution is 5.33. The molecule has 1 heterocycles. The molecule has 2 aromatic rings. The minimum atomic E-state index is -0.770. The molecule has 2 aromatic carbocycles. The maximum absolute atomic E-state index is 10.9. The van der Waals surface area contributed by atoms with Gasteiger partial charge < -0.3 is 20.5 Å². The van der Waals surface area contributed by atoms with E-state index >= 15 is 0 Å². The van der Waals surface area contributed by atoms with Gasteiger partial charge in [-0.1, -0.05) is 48.5 Å². The zero-order valence-electron chi connectivity index (χ0n) is 14.3. The SMILES string of the molecule is COc1ccccc1CNC1C(c2ccccc2)NCCC1(C)O. The summed E-state index contributed by atoms with van der Waals surface area (Å²) in [4.78, 5) is 0. The van der Waals surface area contributed by atoms with Gasteiger partial charge in [0.05, 0.1) is 24.8 Å². The second kappa shape index (κ2) is 7.34. The number of benzene rings is 2. The first kappa shape index (κ1) is 17.0. The zero-order valence-corrected chi connectivity index (χ0v) is 14.3. The van der Waals surface area contributed by atoms with Crippen LogP contribution in [0.4, 0.5) is 0 Å². The number of nitrogens with one attached hydrogen (secondary N) is 2. The summed E-state index contributed by atoms with van der Waals surface area (Å²) in [5.74, 6) is 0.865. The highest BCUT2D eigenvalue weighted by Crippen LogP contribution is 2.31. The van der Waals surface area contributed by atoms with Crippen LogP contribution in [-0.2, 0) is 6.54 Å². The molecule has 4 nitrogen and oxygen atoms in total. The van der Waals surface area contributed by atoms with Gasteiger partial charge in [-0.25, -0.2) is 0 Å². The van der Waals surface area contributed by atoms with Crippen LogP contribution in [0.1, 0.15) is 30.5 Å². The van der Waals surface area contributed by atoms with E-state index < -0.39 is 5.60 Å². The summed E-state index contributed by atoms with van der Waals surface area (Å²) in [6.45, 7) is 3.37. The van der Waals surface area contributed by atoms with Gasteiger partial charge in [-0.05, 0) is 31.5 Å². The Morgan fingerprint density at radius 1 is 1.17 bits per heavy atom. The molecule has 1 aliphatic rings. The van der Waals surface area contributed by atoms with Gasteiger partial charge in [-0.3, -0.25) is 0 Å². The molecule has 0 saturated carbocycles. The molecule has 4 heteroatoms. The normalized spacial score (nSPS) is 27.0. The van der Waals surface area contributed by atoms with Gasteiger partial charge in [0.25, 0.3) is 0 Å². The quantitative estimate of drug-likeness (QED) is 0.791.